The molecule has 2 nitrogen and oxygen atoms in total. The Kier molecular flexibility index (Phi) is 3.32. The minimum atomic E-state index is 0.542. The number of hydrogen-bond acceptors (Lipinski definition) is 3. The van der Waals surface area contributed by atoms with E-state index < -0.39 is 0 Å². The van der Waals surface area contributed by atoms with Gasteiger partial charge in [-0.2, -0.15) is 11.8 Å². The first-order chi connectivity index (χ1) is 6.92. The van der Waals surface area contributed by atoms with Crippen molar-refractivity contribution in [3.63, 3.8) is 0 Å². The molecule has 1 atom stereocenters. The van der Waals surface area contributed by atoms with Crippen LogP contribution in [0.4, 0.5) is 0 Å². The smallest absolute Gasteiger partial charge is 0.123 e. The van der Waals surface area contributed by atoms with Crippen molar-refractivity contribution >= 4 is 11.8 Å². The zero-order chi connectivity index (χ0) is 9.80. The van der Waals surface area contributed by atoms with Crippen LogP contribution in [0.25, 0.3) is 0 Å². The standard InChI is InChI=1S/C11H15NOS/c1-13-10-5-3-2-4-9(10)11-8-12-6-7-14-11/h2-5,11-12H,6-8H2,1H3. The Morgan fingerprint density at radius 1 is 1.43 bits per heavy atom. The predicted molar refractivity (Wildman–Crippen MR) is 61.1 cm³/mol. The summed E-state index contributed by atoms with van der Waals surface area (Å²) in [7, 11) is 1.74. The largest absolute Gasteiger partial charge is 0.496 e. The molecule has 0 bridgehead atoms. The zero-order valence-electron chi connectivity index (χ0n) is 8.32. The lowest BCUT2D eigenvalue weighted by Gasteiger charge is -2.24. The van der Waals surface area contributed by atoms with Crippen molar-refractivity contribution in [2.75, 3.05) is 26.0 Å². The van der Waals surface area contributed by atoms with E-state index in [1.54, 1.807) is 7.11 Å². The monoisotopic (exact) mass is 209 g/mol. The van der Waals surface area contributed by atoms with E-state index in [9.17, 15) is 0 Å². The topological polar surface area (TPSA) is 21.3 Å². The third-order valence-corrected chi connectivity index (χ3v) is 3.68. The summed E-state index contributed by atoms with van der Waals surface area (Å²) in [6.45, 7) is 2.17. The molecule has 1 fully saturated rings. The number of benzene rings is 1. The van der Waals surface area contributed by atoms with Crippen molar-refractivity contribution in [3.05, 3.63) is 29.8 Å². The van der Waals surface area contributed by atoms with Gasteiger partial charge in [0.2, 0.25) is 0 Å². The molecule has 1 aliphatic rings. The normalized spacial score (nSPS) is 21.9. The SMILES string of the molecule is COc1ccccc1C1CNCCS1. The van der Waals surface area contributed by atoms with E-state index in [0.717, 1.165) is 18.8 Å². The molecule has 76 valence electrons. The van der Waals surface area contributed by atoms with Crippen LogP contribution in [0.15, 0.2) is 24.3 Å². The Morgan fingerprint density at radius 2 is 2.29 bits per heavy atom. The fourth-order valence-corrected chi connectivity index (χ4v) is 2.85. The summed E-state index contributed by atoms with van der Waals surface area (Å²) in [4.78, 5) is 0. The molecule has 1 heterocycles. The second-order valence-electron chi connectivity index (χ2n) is 3.31. The van der Waals surface area contributed by atoms with Crippen molar-refractivity contribution < 1.29 is 4.74 Å². The van der Waals surface area contributed by atoms with Crippen LogP contribution in [-0.4, -0.2) is 26.0 Å². The van der Waals surface area contributed by atoms with Crippen molar-refractivity contribution in [2.24, 2.45) is 0 Å². The minimum Gasteiger partial charge on any atom is -0.496 e. The zero-order valence-corrected chi connectivity index (χ0v) is 9.14. The summed E-state index contributed by atoms with van der Waals surface area (Å²) >= 11 is 2.00. The number of para-hydroxylation sites is 1. The average Bonchev–Trinajstić information content (AvgIpc) is 2.30. The molecular weight excluding hydrogens is 194 g/mol. The Bertz CT molecular complexity index is 297. The van der Waals surface area contributed by atoms with Crippen molar-refractivity contribution in [3.8, 4) is 5.75 Å². The van der Waals surface area contributed by atoms with Crippen LogP contribution in [-0.2, 0) is 0 Å². The lowest BCUT2D eigenvalue weighted by Crippen LogP contribution is -2.28. The van der Waals surface area contributed by atoms with Gasteiger partial charge in [-0.05, 0) is 6.07 Å². The molecule has 0 aromatic heterocycles. The molecule has 0 radical (unpaired) electrons. The number of hydrogen-bond donors (Lipinski definition) is 1. The van der Waals surface area contributed by atoms with Crippen LogP contribution in [0.5, 0.6) is 5.75 Å². The van der Waals surface area contributed by atoms with Crippen LogP contribution < -0.4 is 10.1 Å². The first kappa shape index (κ1) is 9.87. The van der Waals surface area contributed by atoms with Gasteiger partial charge in [-0.1, -0.05) is 18.2 Å². The lowest BCUT2D eigenvalue weighted by atomic mass is 10.1. The minimum absolute atomic E-state index is 0.542. The van der Waals surface area contributed by atoms with Gasteiger partial charge in [0.05, 0.1) is 7.11 Å². The molecule has 0 amide bonds. The van der Waals surface area contributed by atoms with Gasteiger partial charge >= 0.3 is 0 Å². The highest BCUT2D eigenvalue weighted by Crippen LogP contribution is 2.35. The van der Waals surface area contributed by atoms with Gasteiger partial charge in [-0.3, -0.25) is 0 Å². The predicted octanol–water partition coefficient (Wildman–Crippen LogP) is 2.07. The number of thioether (sulfide) groups is 1. The van der Waals surface area contributed by atoms with Gasteiger partial charge in [0, 0.05) is 29.7 Å². The third kappa shape index (κ3) is 2.04. The summed E-state index contributed by atoms with van der Waals surface area (Å²) in [5.74, 6) is 2.19. The van der Waals surface area contributed by atoms with E-state index >= 15 is 0 Å². The second kappa shape index (κ2) is 4.71. The molecule has 1 saturated heterocycles. The maximum Gasteiger partial charge on any atom is 0.123 e. The summed E-state index contributed by atoms with van der Waals surface area (Å²) in [5, 5.41) is 3.95. The van der Waals surface area contributed by atoms with Crippen LogP contribution >= 0.6 is 11.8 Å². The van der Waals surface area contributed by atoms with Crippen LogP contribution in [0.2, 0.25) is 0 Å². The van der Waals surface area contributed by atoms with E-state index in [4.69, 9.17) is 4.74 Å². The number of ether oxygens (including phenoxy) is 1. The fraction of sp³-hybridized carbons (Fsp3) is 0.455. The van der Waals surface area contributed by atoms with Gasteiger partial charge in [0.25, 0.3) is 0 Å². The van der Waals surface area contributed by atoms with Crippen molar-refractivity contribution in [1.29, 1.82) is 0 Å². The Morgan fingerprint density at radius 3 is 3.00 bits per heavy atom. The molecule has 1 aromatic rings. The van der Waals surface area contributed by atoms with Gasteiger partial charge < -0.3 is 10.1 Å². The third-order valence-electron chi connectivity index (χ3n) is 2.41. The molecule has 0 aliphatic carbocycles. The summed E-state index contributed by atoms with van der Waals surface area (Å²) in [5.41, 5.74) is 1.31. The molecule has 14 heavy (non-hydrogen) atoms. The first-order valence-corrected chi connectivity index (χ1v) is 5.92. The maximum absolute atomic E-state index is 5.36. The quantitative estimate of drug-likeness (QED) is 0.805. The lowest BCUT2D eigenvalue weighted by molar-refractivity contribution is 0.408. The highest BCUT2D eigenvalue weighted by molar-refractivity contribution is 7.99. The Balaban J connectivity index is 2.20. The van der Waals surface area contributed by atoms with E-state index in [0.29, 0.717) is 5.25 Å². The average molecular weight is 209 g/mol. The Labute approximate surface area is 89.0 Å². The number of nitrogens with one attached hydrogen (secondary N) is 1. The highest BCUT2D eigenvalue weighted by atomic mass is 32.2. The van der Waals surface area contributed by atoms with Gasteiger partial charge in [0.1, 0.15) is 5.75 Å². The molecule has 0 spiro atoms. The van der Waals surface area contributed by atoms with Crippen LogP contribution in [0.3, 0.4) is 0 Å². The van der Waals surface area contributed by atoms with Gasteiger partial charge in [0.15, 0.2) is 0 Å². The first-order valence-electron chi connectivity index (χ1n) is 4.87. The van der Waals surface area contributed by atoms with Crippen LogP contribution in [0.1, 0.15) is 10.8 Å². The number of rotatable bonds is 2. The summed E-state index contributed by atoms with van der Waals surface area (Å²) in [6.07, 6.45) is 0. The molecule has 2 rings (SSSR count). The second-order valence-corrected chi connectivity index (χ2v) is 4.62. The van der Waals surface area contributed by atoms with Crippen molar-refractivity contribution in [2.45, 2.75) is 5.25 Å². The van der Waals surface area contributed by atoms with Gasteiger partial charge in [-0.15, -0.1) is 0 Å². The maximum atomic E-state index is 5.36. The molecule has 1 aliphatic heterocycles. The molecule has 3 heteroatoms. The van der Waals surface area contributed by atoms with Crippen molar-refractivity contribution in [1.82, 2.24) is 5.32 Å². The van der Waals surface area contributed by atoms with Crippen LogP contribution in [0, 0.1) is 0 Å². The molecule has 1 aromatic carbocycles. The fourth-order valence-electron chi connectivity index (χ4n) is 1.70. The van der Waals surface area contributed by atoms with E-state index in [1.165, 1.54) is 11.3 Å². The Hall–Kier alpha value is -0.670. The highest BCUT2D eigenvalue weighted by Gasteiger charge is 2.18. The molecule has 1 unspecified atom stereocenters. The molecular formula is C11H15NOS. The number of methoxy groups -OCH3 is 1. The molecule has 0 saturated carbocycles. The molecule has 1 N–H and O–H groups in total. The summed E-state index contributed by atoms with van der Waals surface area (Å²) in [6, 6.07) is 8.28. The van der Waals surface area contributed by atoms with E-state index in [1.807, 2.05) is 23.9 Å². The van der Waals surface area contributed by atoms with E-state index in [2.05, 4.69) is 17.4 Å². The van der Waals surface area contributed by atoms with Gasteiger partial charge in [-0.25, -0.2) is 0 Å². The van der Waals surface area contributed by atoms with E-state index in [-0.39, 0.29) is 0 Å². The summed E-state index contributed by atoms with van der Waals surface area (Å²) < 4.78 is 5.36.